The lowest BCUT2D eigenvalue weighted by molar-refractivity contribution is -0.140. The van der Waals surface area contributed by atoms with Gasteiger partial charge < -0.3 is 24.4 Å². The third-order valence-electron chi connectivity index (χ3n) is 6.04. The van der Waals surface area contributed by atoms with Gasteiger partial charge in [0.05, 0.1) is 24.8 Å². The Balaban J connectivity index is 2.04. The average Bonchev–Trinajstić information content (AvgIpc) is 3.10. The highest BCUT2D eigenvalue weighted by atomic mass is 16.5. The molecule has 0 spiro atoms. The second-order valence-corrected chi connectivity index (χ2v) is 7.98. The lowest BCUT2D eigenvalue weighted by Gasteiger charge is -2.28. The van der Waals surface area contributed by atoms with Crippen LogP contribution < -0.4 is 9.47 Å². The van der Waals surface area contributed by atoms with Crippen molar-refractivity contribution in [2.24, 2.45) is 0 Å². The molecule has 3 rings (SSSR count). The van der Waals surface area contributed by atoms with Crippen molar-refractivity contribution in [3.63, 3.8) is 0 Å². The van der Waals surface area contributed by atoms with Crippen molar-refractivity contribution < 1.29 is 24.2 Å². The first-order valence-corrected chi connectivity index (χ1v) is 11.9. The Morgan fingerprint density at radius 3 is 1.91 bits per heavy atom. The standard InChI is InChI=1S/C27H34N2O5/c1-5-28(6-2)17-18-29-24(19-9-13-21(14-10-19)33-7-3)23(26(31)27(29)32)25(30)20-11-15-22(16-12-20)34-8-4/h9-16,24,30H,5-8,17-18H2,1-4H3/b25-23+/t24-/m0/s1. The van der Waals surface area contributed by atoms with Gasteiger partial charge in [0.15, 0.2) is 0 Å². The van der Waals surface area contributed by atoms with Crippen molar-refractivity contribution >= 4 is 17.4 Å². The van der Waals surface area contributed by atoms with Crippen LogP contribution in [0, 0.1) is 0 Å². The molecule has 7 heteroatoms. The van der Waals surface area contributed by atoms with E-state index in [0.29, 0.717) is 43.4 Å². The molecule has 1 aliphatic heterocycles. The molecular weight excluding hydrogens is 432 g/mol. The molecule has 1 N–H and O–H groups in total. The molecule has 2 aromatic rings. The highest BCUT2D eigenvalue weighted by Gasteiger charge is 2.45. The van der Waals surface area contributed by atoms with Gasteiger partial charge in [0.1, 0.15) is 17.3 Å². The van der Waals surface area contributed by atoms with E-state index in [1.54, 1.807) is 29.2 Å². The Kier molecular flexibility index (Phi) is 8.71. The van der Waals surface area contributed by atoms with Crippen molar-refractivity contribution in [1.82, 2.24) is 9.80 Å². The number of likely N-dealkylation sites (tertiary alicyclic amines) is 1. The first-order chi connectivity index (χ1) is 16.4. The zero-order chi connectivity index (χ0) is 24.7. The minimum atomic E-state index is -0.683. The molecule has 1 fully saturated rings. The number of likely N-dealkylation sites (N-methyl/N-ethyl adjacent to an activating group) is 1. The SMILES string of the molecule is CCOc1ccc(/C(O)=C2\C(=O)C(=O)N(CCN(CC)CC)[C@H]2c2ccc(OCC)cc2)cc1. The molecule has 0 bridgehead atoms. The van der Waals surface area contributed by atoms with Crippen LogP contribution in [-0.4, -0.2) is 66.0 Å². The molecule has 34 heavy (non-hydrogen) atoms. The summed E-state index contributed by atoms with van der Waals surface area (Å²) < 4.78 is 11.0. The summed E-state index contributed by atoms with van der Waals surface area (Å²) in [4.78, 5) is 30.0. The van der Waals surface area contributed by atoms with E-state index in [1.807, 2.05) is 38.1 Å². The molecule has 0 saturated carbocycles. The van der Waals surface area contributed by atoms with Crippen LogP contribution in [0.5, 0.6) is 11.5 Å². The second kappa shape index (κ2) is 11.7. The molecule has 1 heterocycles. The summed E-state index contributed by atoms with van der Waals surface area (Å²) in [6.45, 7) is 11.7. The smallest absolute Gasteiger partial charge is 0.295 e. The van der Waals surface area contributed by atoms with Crippen LogP contribution in [0.15, 0.2) is 54.1 Å². The van der Waals surface area contributed by atoms with E-state index in [2.05, 4.69) is 18.7 Å². The van der Waals surface area contributed by atoms with Crippen LogP contribution in [-0.2, 0) is 9.59 Å². The molecule has 1 amide bonds. The fourth-order valence-electron chi connectivity index (χ4n) is 4.19. The van der Waals surface area contributed by atoms with E-state index in [-0.39, 0.29) is 11.3 Å². The predicted molar refractivity (Wildman–Crippen MR) is 132 cm³/mol. The fourth-order valence-corrected chi connectivity index (χ4v) is 4.19. The van der Waals surface area contributed by atoms with Crippen LogP contribution in [0.25, 0.3) is 5.76 Å². The minimum Gasteiger partial charge on any atom is -0.507 e. The summed E-state index contributed by atoms with van der Waals surface area (Å²) >= 11 is 0. The number of aliphatic hydroxyl groups excluding tert-OH is 1. The Morgan fingerprint density at radius 1 is 0.882 bits per heavy atom. The number of carbonyl (C=O) groups is 2. The largest absolute Gasteiger partial charge is 0.507 e. The molecule has 1 atom stereocenters. The van der Waals surface area contributed by atoms with E-state index < -0.39 is 17.7 Å². The maximum Gasteiger partial charge on any atom is 0.295 e. The van der Waals surface area contributed by atoms with E-state index in [9.17, 15) is 14.7 Å². The molecule has 1 aliphatic rings. The van der Waals surface area contributed by atoms with Gasteiger partial charge in [0.25, 0.3) is 11.7 Å². The Labute approximate surface area is 201 Å². The molecule has 0 aliphatic carbocycles. The number of hydrogen-bond donors (Lipinski definition) is 1. The number of Topliss-reactive ketones (excluding diaryl/α,β-unsaturated/α-hetero) is 1. The summed E-state index contributed by atoms with van der Waals surface area (Å²) in [6.07, 6.45) is 0. The molecule has 2 aromatic carbocycles. The maximum absolute atomic E-state index is 13.2. The van der Waals surface area contributed by atoms with Gasteiger partial charge in [-0.25, -0.2) is 0 Å². The van der Waals surface area contributed by atoms with Crippen molar-refractivity contribution in [2.75, 3.05) is 39.4 Å². The number of aliphatic hydroxyl groups is 1. The quantitative estimate of drug-likeness (QED) is 0.303. The second-order valence-electron chi connectivity index (χ2n) is 7.98. The zero-order valence-electron chi connectivity index (χ0n) is 20.4. The number of ether oxygens (including phenoxy) is 2. The lowest BCUT2D eigenvalue weighted by Crippen LogP contribution is -2.38. The minimum absolute atomic E-state index is 0.0952. The van der Waals surface area contributed by atoms with Gasteiger partial charge in [-0.2, -0.15) is 0 Å². The number of ketones is 1. The predicted octanol–water partition coefficient (Wildman–Crippen LogP) is 4.25. The summed E-state index contributed by atoms with van der Waals surface area (Å²) in [5.74, 6) is -0.0893. The third kappa shape index (κ3) is 5.42. The first kappa shape index (κ1) is 25.3. The monoisotopic (exact) mass is 466 g/mol. The van der Waals surface area contributed by atoms with Gasteiger partial charge >= 0.3 is 0 Å². The lowest BCUT2D eigenvalue weighted by atomic mass is 9.95. The average molecular weight is 467 g/mol. The topological polar surface area (TPSA) is 79.3 Å². The summed E-state index contributed by atoms with van der Waals surface area (Å²) in [5.41, 5.74) is 1.30. The Morgan fingerprint density at radius 2 is 1.41 bits per heavy atom. The molecule has 0 radical (unpaired) electrons. The molecule has 182 valence electrons. The van der Waals surface area contributed by atoms with Crippen LogP contribution in [0.3, 0.4) is 0 Å². The molecule has 1 saturated heterocycles. The number of benzene rings is 2. The van der Waals surface area contributed by atoms with E-state index in [4.69, 9.17) is 9.47 Å². The van der Waals surface area contributed by atoms with Crippen LogP contribution in [0.4, 0.5) is 0 Å². The number of rotatable bonds is 11. The molecule has 7 nitrogen and oxygen atoms in total. The molecule has 0 aromatic heterocycles. The summed E-state index contributed by atoms with van der Waals surface area (Å²) in [5, 5.41) is 11.2. The van der Waals surface area contributed by atoms with Crippen LogP contribution in [0.2, 0.25) is 0 Å². The van der Waals surface area contributed by atoms with Gasteiger partial charge in [0.2, 0.25) is 0 Å². The van der Waals surface area contributed by atoms with Crippen molar-refractivity contribution in [3.05, 3.63) is 65.2 Å². The Bertz CT molecular complexity index is 1010. The molecular formula is C27H34N2O5. The van der Waals surface area contributed by atoms with Gasteiger partial charge in [-0.1, -0.05) is 26.0 Å². The van der Waals surface area contributed by atoms with Crippen molar-refractivity contribution in [2.45, 2.75) is 33.7 Å². The van der Waals surface area contributed by atoms with Gasteiger partial charge in [-0.3, -0.25) is 9.59 Å². The molecule has 0 unspecified atom stereocenters. The number of amides is 1. The maximum atomic E-state index is 13.2. The van der Waals surface area contributed by atoms with Gasteiger partial charge in [-0.05, 0) is 68.9 Å². The van der Waals surface area contributed by atoms with E-state index in [1.165, 1.54) is 0 Å². The number of nitrogens with zero attached hydrogens (tertiary/aromatic N) is 2. The third-order valence-corrected chi connectivity index (χ3v) is 6.04. The fraction of sp³-hybridized carbons (Fsp3) is 0.407. The zero-order valence-corrected chi connectivity index (χ0v) is 20.4. The highest BCUT2D eigenvalue weighted by Crippen LogP contribution is 2.39. The summed E-state index contributed by atoms with van der Waals surface area (Å²) in [7, 11) is 0. The number of carbonyl (C=O) groups excluding carboxylic acids is 2. The number of hydrogen-bond acceptors (Lipinski definition) is 6. The first-order valence-electron chi connectivity index (χ1n) is 11.9. The summed E-state index contributed by atoms with van der Waals surface area (Å²) in [6, 6.07) is 13.5. The van der Waals surface area contributed by atoms with Gasteiger partial charge in [-0.15, -0.1) is 0 Å². The van der Waals surface area contributed by atoms with E-state index >= 15 is 0 Å². The van der Waals surface area contributed by atoms with E-state index in [0.717, 1.165) is 18.7 Å². The van der Waals surface area contributed by atoms with Gasteiger partial charge in [0, 0.05) is 18.7 Å². The van der Waals surface area contributed by atoms with Crippen molar-refractivity contribution in [1.29, 1.82) is 0 Å². The highest BCUT2D eigenvalue weighted by molar-refractivity contribution is 6.46. The normalized spacial score (nSPS) is 17.4. The van der Waals surface area contributed by atoms with Crippen molar-refractivity contribution in [3.8, 4) is 11.5 Å². The van der Waals surface area contributed by atoms with Crippen LogP contribution >= 0.6 is 0 Å². The Hall–Kier alpha value is -3.32. The van der Waals surface area contributed by atoms with Crippen LogP contribution in [0.1, 0.15) is 44.9 Å².